The van der Waals surface area contributed by atoms with Gasteiger partial charge in [0, 0.05) is 3.57 Å². The molecule has 3 rings (SSSR count). The highest BCUT2D eigenvalue weighted by atomic mass is 127. The van der Waals surface area contributed by atoms with Crippen molar-refractivity contribution in [3.05, 3.63) is 77.9 Å². The molecule has 0 saturated carbocycles. The molecular formula is C20H14ClI2NO4S. The van der Waals surface area contributed by atoms with Crippen molar-refractivity contribution < 1.29 is 18.3 Å². The van der Waals surface area contributed by atoms with Gasteiger partial charge in [0.15, 0.2) is 0 Å². The van der Waals surface area contributed by atoms with Crippen molar-refractivity contribution in [2.45, 2.75) is 16.7 Å². The number of nitrogens with one attached hydrogen (secondary N) is 1. The summed E-state index contributed by atoms with van der Waals surface area (Å²) in [5.74, 6) is -0.742. The zero-order valence-corrected chi connectivity index (χ0v) is 20.8. The van der Waals surface area contributed by atoms with Gasteiger partial charge in [-0.3, -0.25) is 4.79 Å². The summed E-state index contributed by atoms with van der Waals surface area (Å²) in [6.45, 7) is 1.87. The van der Waals surface area contributed by atoms with Crippen molar-refractivity contribution in [2.24, 2.45) is 0 Å². The number of carbonyl (C=O) groups excluding carboxylic acids is 1. The maximum atomic E-state index is 12.9. The fourth-order valence-corrected chi connectivity index (χ4v) is 5.85. The largest absolute Gasteiger partial charge is 0.506 e. The number of halogens is 3. The quantitative estimate of drug-likeness (QED) is 0.357. The molecule has 1 amide bonds. The first kappa shape index (κ1) is 22.3. The molecule has 0 spiro atoms. The van der Waals surface area contributed by atoms with Gasteiger partial charge in [-0.15, -0.1) is 0 Å². The SMILES string of the molecule is Cc1ccc(S(=O)(=O)c2ccc(Cl)c(NC(=O)c3cc(I)cc(I)c3O)c2)cc1. The fraction of sp³-hybridized carbons (Fsp3) is 0.0500. The topological polar surface area (TPSA) is 83.5 Å². The molecule has 0 fully saturated rings. The standard InChI is InChI=1S/C20H14ClI2NO4S/c1-11-2-4-13(5-3-11)29(27,28)14-6-7-16(21)18(10-14)24-20(26)15-8-12(22)9-17(23)19(15)25/h2-10,25H,1H3,(H,24,26). The third kappa shape index (κ3) is 4.86. The monoisotopic (exact) mass is 653 g/mol. The Bertz CT molecular complexity index is 1210. The van der Waals surface area contributed by atoms with Crippen LogP contribution in [0, 0.1) is 14.1 Å². The highest BCUT2D eigenvalue weighted by Gasteiger charge is 2.21. The summed E-state index contributed by atoms with van der Waals surface area (Å²) in [6, 6.07) is 13.9. The van der Waals surface area contributed by atoms with Crippen LogP contribution in [0.4, 0.5) is 5.69 Å². The van der Waals surface area contributed by atoms with Crippen molar-refractivity contribution in [1.82, 2.24) is 0 Å². The van der Waals surface area contributed by atoms with Gasteiger partial charge in [-0.05, 0) is 94.6 Å². The van der Waals surface area contributed by atoms with Crippen LogP contribution in [-0.2, 0) is 9.84 Å². The molecular weight excluding hydrogens is 640 g/mol. The number of anilines is 1. The Balaban J connectivity index is 1.98. The third-order valence-electron chi connectivity index (χ3n) is 4.10. The fourth-order valence-electron chi connectivity index (χ4n) is 2.55. The Labute approximate surface area is 200 Å². The van der Waals surface area contributed by atoms with Crippen LogP contribution < -0.4 is 5.32 Å². The molecule has 5 nitrogen and oxygen atoms in total. The van der Waals surface area contributed by atoms with Crippen molar-refractivity contribution in [3.63, 3.8) is 0 Å². The van der Waals surface area contributed by atoms with E-state index in [9.17, 15) is 18.3 Å². The van der Waals surface area contributed by atoms with Crippen LogP contribution in [0.2, 0.25) is 5.02 Å². The van der Waals surface area contributed by atoms with Crippen molar-refractivity contribution in [3.8, 4) is 5.75 Å². The minimum atomic E-state index is -3.78. The van der Waals surface area contributed by atoms with Crippen molar-refractivity contribution in [2.75, 3.05) is 5.32 Å². The van der Waals surface area contributed by atoms with Crippen LogP contribution in [-0.4, -0.2) is 19.4 Å². The zero-order valence-electron chi connectivity index (χ0n) is 14.9. The second kappa shape index (κ2) is 8.78. The van der Waals surface area contributed by atoms with E-state index in [-0.39, 0.29) is 31.8 Å². The number of rotatable bonds is 4. The van der Waals surface area contributed by atoms with E-state index in [0.717, 1.165) is 9.13 Å². The third-order valence-corrected chi connectivity index (χ3v) is 7.64. The minimum absolute atomic E-state index is 0.00231. The summed E-state index contributed by atoms with van der Waals surface area (Å²) in [5.41, 5.74) is 1.15. The van der Waals surface area contributed by atoms with Crippen LogP contribution in [0.15, 0.2) is 64.4 Å². The highest BCUT2D eigenvalue weighted by molar-refractivity contribution is 14.1. The summed E-state index contributed by atoms with van der Waals surface area (Å²) in [5, 5.41) is 13.0. The van der Waals surface area contributed by atoms with Crippen LogP contribution in [0.3, 0.4) is 0 Å². The lowest BCUT2D eigenvalue weighted by Crippen LogP contribution is -2.14. The maximum Gasteiger partial charge on any atom is 0.259 e. The van der Waals surface area contributed by atoms with Crippen LogP contribution in [0.5, 0.6) is 5.75 Å². The summed E-state index contributed by atoms with van der Waals surface area (Å²) >= 11 is 10.1. The lowest BCUT2D eigenvalue weighted by atomic mass is 10.2. The Morgan fingerprint density at radius 1 is 1.00 bits per heavy atom. The number of phenolic OH excluding ortho intramolecular Hbond substituents is 1. The van der Waals surface area contributed by atoms with E-state index in [1.165, 1.54) is 36.4 Å². The summed E-state index contributed by atoms with van der Waals surface area (Å²) in [6.07, 6.45) is 0. The molecule has 0 radical (unpaired) electrons. The highest BCUT2D eigenvalue weighted by Crippen LogP contribution is 2.31. The Morgan fingerprint density at radius 2 is 1.62 bits per heavy atom. The minimum Gasteiger partial charge on any atom is -0.506 e. The number of sulfone groups is 1. The molecule has 0 aliphatic heterocycles. The number of hydrogen-bond acceptors (Lipinski definition) is 4. The molecule has 0 aliphatic rings. The molecule has 0 heterocycles. The molecule has 150 valence electrons. The average molecular weight is 654 g/mol. The van der Waals surface area contributed by atoms with Gasteiger partial charge in [-0.25, -0.2) is 8.42 Å². The number of aryl methyl sites for hydroxylation is 1. The summed E-state index contributed by atoms with van der Waals surface area (Å²) in [4.78, 5) is 12.8. The normalized spacial score (nSPS) is 11.3. The summed E-state index contributed by atoms with van der Waals surface area (Å²) in [7, 11) is -3.78. The Morgan fingerprint density at radius 3 is 2.28 bits per heavy atom. The van der Waals surface area contributed by atoms with E-state index in [4.69, 9.17) is 11.6 Å². The summed E-state index contributed by atoms with van der Waals surface area (Å²) < 4.78 is 27.1. The molecule has 29 heavy (non-hydrogen) atoms. The van der Waals surface area contributed by atoms with Crippen LogP contribution in [0.1, 0.15) is 15.9 Å². The molecule has 0 saturated heterocycles. The van der Waals surface area contributed by atoms with Crippen LogP contribution >= 0.6 is 56.8 Å². The van der Waals surface area contributed by atoms with Gasteiger partial charge in [0.1, 0.15) is 5.75 Å². The first-order valence-electron chi connectivity index (χ1n) is 8.20. The number of phenols is 1. The van der Waals surface area contributed by atoms with E-state index < -0.39 is 15.7 Å². The molecule has 2 N–H and O–H groups in total. The second-order valence-corrected chi connectivity index (χ2v) is 11.0. The van der Waals surface area contributed by atoms with Gasteiger partial charge in [0.05, 0.1) is 29.6 Å². The predicted octanol–water partition coefficient (Wildman–Crippen LogP) is 5.65. The molecule has 0 aliphatic carbocycles. The van der Waals surface area contributed by atoms with Crippen LogP contribution in [0.25, 0.3) is 0 Å². The molecule has 3 aromatic carbocycles. The predicted molar refractivity (Wildman–Crippen MR) is 130 cm³/mol. The number of benzene rings is 3. The molecule has 3 aromatic rings. The van der Waals surface area contributed by atoms with Crippen molar-refractivity contribution >= 4 is 78.2 Å². The average Bonchev–Trinajstić information content (AvgIpc) is 2.66. The molecule has 9 heteroatoms. The van der Waals surface area contributed by atoms with Gasteiger partial charge in [0.25, 0.3) is 5.91 Å². The molecule has 0 aromatic heterocycles. The Hall–Kier alpha value is -1.37. The van der Waals surface area contributed by atoms with Gasteiger partial charge in [-0.2, -0.15) is 0 Å². The van der Waals surface area contributed by atoms with Crippen molar-refractivity contribution in [1.29, 1.82) is 0 Å². The second-order valence-electron chi connectivity index (χ2n) is 6.20. The van der Waals surface area contributed by atoms with Gasteiger partial charge in [-0.1, -0.05) is 29.3 Å². The molecule has 0 unspecified atom stereocenters. The zero-order chi connectivity index (χ0) is 21.3. The van der Waals surface area contributed by atoms with Gasteiger partial charge < -0.3 is 10.4 Å². The molecule has 0 bridgehead atoms. The lowest BCUT2D eigenvalue weighted by Gasteiger charge is -2.12. The number of hydrogen-bond donors (Lipinski definition) is 2. The van der Waals surface area contributed by atoms with E-state index in [2.05, 4.69) is 5.32 Å². The smallest absolute Gasteiger partial charge is 0.259 e. The Kier molecular flexibility index (Phi) is 6.76. The van der Waals surface area contributed by atoms with E-state index >= 15 is 0 Å². The number of amides is 1. The van der Waals surface area contributed by atoms with E-state index in [0.29, 0.717) is 3.57 Å². The first-order chi connectivity index (χ1) is 13.6. The van der Waals surface area contributed by atoms with Gasteiger partial charge >= 0.3 is 0 Å². The molecule has 0 atom stereocenters. The maximum absolute atomic E-state index is 12.9. The van der Waals surface area contributed by atoms with E-state index in [1.54, 1.807) is 18.2 Å². The number of aromatic hydroxyl groups is 1. The lowest BCUT2D eigenvalue weighted by molar-refractivity contribution is 0.102. The van der Waals surface area contributed by atoms with E-state index in [1.807, 2.05) is 52.1 Å². The number of carbonyl (C=O) groups is 1. The van der Waals surface area contributed by atoms with Gasteiger partial charge in [0.2, 0.25) is 9.84 Å². The first-order valence-corrected chi connectivity index (χ1v) is 12.2.